The number of hydrogen-bond donors (Lipinski definition) is 2. The molecule has 0 bridgehead atoms. The number of ether oxygens (including phenoxy) is 1. The Kier molecular flexibility index (Phi) is 7.77. The van der Waals surface area contributed by atoms with Gasteiger partial charge >= 0.3 is 5.97 Å². The molecule has 0 aliphatic carbocycles. The highest BCUT2D eigenvalue weighted by molar-refractivity contribution is 6.36. The summed E-state index contributed by atoms with van der Waals surface area (Å²) < 4.78 is 4.72. The molecule has 0 saturated heterocycles. The van der Waals surface area contributed by atoms with Gasteiger partial charge in [-0.1, -0.05) is 34.8 Å². The Morgan fingerprint density at radius 2 is 1.69 bits per heavy atom. The topological polar surface area (TPSA) is 128 Å². The molecule has 29 heavy (non-hydrogen) atoms. The maximum absolute atomic E-state index is 12.0. The van der Waals surface area contributed by atoms with Gasteiger partial charge in [-0.3, -0.25) is 24.5 Å². The third kappa shape index (κ3) is 6.60. The van der Waals surface area contributed by atoms with E-state index in [1.54, 1.807) is 0 Å². The van der Waals surface area contributed by atoms with Crippen molar-refractivity contribution in [2.24, 2.45) is 0 Å². The van der Waals surface area contributed by atoms with Crippen molar-refractivity contribution in [3.63, 3.8) is 0 Å². The molecule has 0 atom stereocenters. The van der Waals surface area contributed by atoms with E-state index >= 15 is 0 Å². The van der Waals surface area contributed by atoms with Gasteiger partial charge in [-0.25, -0.2) is 0 Å². The van der Waals surface area contributed by atoms with Gasteiger partial charge in [-0.05, 0) is 30.3 Å². The lowest BCUT2D eigenvalue weighted by molar-refractivity contribution is -0.383. The molecular formula is C17H12Cl3N3O6. The van der Waals surface area contributed by atoms with Crippen LogP contribution in [0.4, 0.5) is 11.4 Å². The normalized spacial score (nSPS) is 10.2. The first-order chi connectivity index (χ1) is 13.7. The van der Waals surface area contributed by atoms with E-state index in [4.69, 9.17) is 39.5 Å². The van der Waals surface area contributed by atoms with Crippen molar-refractivity contribution >= 4 is 64.0 Å². The molecule has 0 aliphatic rings. The minimum Gasteiger partial charge on any atom is -0.454 e. The number of nitrogens with zero attached hydrogens (tertiary/aromatic N) is 1. The van der Waals surface area contributed by atoms with Crippen molar-refractivity contribution in [2.45, 2.75) is 0 Å². The summed E-state index contributed by atoms with van der Waals surface area (Å²) in [7, 11) is 0. The number of benzene rings is 2. The maximum Gasteiger partial charge on any atom is 0.325 e. The number of carbonyl (C=O) groups excluding carboxylic acids is 3. The van der Waals surface area contributed by atoms with Crippen molar-refractivity contribution < 1.29 is 24.0 Å². The third-order valence-electron chi connectivity index (χ3n) is 3.36. The van der Waals surface area contributed by atoms with Crippen LogP contribution < -0.4 is 10.6 Å². The van der Waals surface area contributed by atoms with E-state index in [1.807, 2.05) is 0 Å². The van der Waals surface area contributed by atoms with Crippen molar-refractivity contribution in [3.05, 3.63) is 67.1 Å². The fraction of sp³-hybridized carbons (Fsp3) is 0.118. The van der Waals surface area contributed by atoms with Crippen LogP contribution in [0, 0.1) is 10.1 Å². The average molecular weight is 461 g/mol. The standard InChI is InChI=1S/C17H12Cl3N3O6/c18-9-1-3-11(12(20)5-9)17(26)21-7-16(25)29-8-15(24)22-13-4-2-10(19)6-14(13)23(27)28/h1-6H,7-8H2,(H,21,26)(H,22,24). The molecule has 0 aromatic heterocycles. The van der Waals surface area contributed by atoms with E-state index in [0.717, 1.165) is 6.07 Å². The number of hydrogen-bond acceptors (Lipinski definition) is 6. The van der Waals surface area contributed by atoms with E-state index < -0.39 is 41.5 Å². The highest BCUT2D eigenvalue weighted by atomic mass is 35.5. The number of esters is 1. The summed E-state index contributed by atoms with van der Waals surface area (Å²) in [5, 5.41) is 16.1. The number of rotatable bonds is 7. The molecule has 2 rings (SSSR count). The summed E-state index contributed by atoms with van der Waals surface area (Å²) in [4.78, 5) is 45.8. The molecule has 9 nitrogen and oxygen atoms in total. The molecule has 12 heteroatoms. The Labute approximate surface area is 179 Å². The highest BCUT2D eigenvalue weighted by Crippen LogP contribution is 2.27. The monoisotopic (exact) mass is 459 g/mol. The summed E-state index contributed by atoms with van der Waals surface area (Å²) in [6.45, 7) is -1.23. The van der Waals surface area contributed by atoms with E-state index in [-0.39, 0.29) is 21.3 Å². The van der Waals surface area contributed by atoms with Gasteiger partial charge in [-0.15, -0.1) is 0 Å². The molecule has 2 aromatic rings. The van der Waals surface area contributed by atoms with Gasteiger partial charge in [0.05, 0.1) is 15.5 Å². The van der Waals surface area contributed by atoms with Crippen LogP contribution in [0.5, 0.6) is 0 Å². The van der Waals surface area contributed by atoms with Crippen LogP contribution in [0.2, 0.25) is 15.1 Å². The average Bonchev–Trinajstić information content (AvgIpc) is 2.65. The van der Waals surface area contributed by atoms with Gasteiger partial charge in [0.25, 0.3) is 17.5 Å². The second-order valence-electron chi connectivity index (χ2n) is 5.43. The predicted octanol–water partition coefficient (Wildman–Crippen LogP) is 3.47. The molecular weight excluding hydrogens is 449 g/mol. The van der Waals surface area contributed by atoms with Crippen molar-refractivity contribution in [3.8, 4) is 0 Å². The Hall–Kier alpha value is -2.88. The van der Waals surface area contributed by atoms with E-state index in [1.165, 1.54) is 30.3 Å². The second kappa shape index (κ2) is 10.1. The Bertz CT molecular complexity index is 983. The van der Waals surface area contributed by atoms with E-state index in [9.17, 15) is 24.5 Å². The van der Waals surface area contributed by atoms with Crippen molar-refractivity contribution in [1.82, 2.24) is 5.32 Å². The number of amides is 2. The largest absolute Gasteiger partial charge is 0.454 e. The number of anilines is 1. The maximum atomic E-state index is 12.0. The van der Waals surface area contributed by atoms with Crippen LogP contribution in [0.15, 0.2) is 36.4 Å². The molecule has 2 aromatic carbocycles. The molecule has 0 radical (unpaired) electrons. The Balaban J connectivity index is 1.84. The molecule has 0 unspecified atom stereocenters. The number of carbonyl (C=O) groups is 3. The summed E-state index contributed by atoms with van der Waals surface area (Å²) >= 11 is 17.3. The van der Waals surface area contributed by atoms with E-state index in [2.05, 4.69) is 10.6 Å². The zero-order valence-corrected chi connectivity index (χ0v) is 16.7. The second-order valence-corrected chi connectivity index (χ2v) is 6.71. The van der Waals surface area contributed by atoms with Gasteiger partial charge < -0.3 is 15.4 Å². The molecule has 2 N–H and O–H groups in total. The molecule has 0 fully saturated rings. The quantitative estimate of drug-likeness (QED) is 0.370. The lowest BCUT2D eigenvalue weighted by Crippen LogP contribution is -2.32. The van der Waals surface area contributed by atoms with Crippen LogP contribution in [-0.4, -0.2) is 35.9 Å². The van der Waals surface area contributed by atoms with Crippen molar-refractivity contribution in [2.75, 3.05) is 18.5 Å². The molecule has 0 aliphatic heterocycles. The zero-order valence-electron chi connectivity index (χ0n) is 14.4. The molecule has 0 saturated carbocycles. The number of nitrogens with one attached hydrogen (secondary N) is 2. The summed E-state index contributed by atoms with van der Waals surface area (Å²) in [5.41, 5.74) is -0.410. The van der Waals surface area contributed by atoms with Crippen LogP contribution in [-0.2, 0) is 14.3 Å². The van der Waals surface area contributed by atoms with Gasteiger partial charge in [0, 0.05) is 16.1 Å². The van der Waals surface area contributed by atoms with Crippen LogP contribution in [0.3, 0.4) is 0 Å². The van der Waals surface area contributed by atoms with Gasteiger partial charge in [0.2, 0.25) is 0 Å². The molecule has 2 amide bonds. The summed E-state index contributed by atoms with van der Waals surface area (Å²) in [5.74, 6) is -2.34. The van der Waals surface area contributed by atoms with Crippen LogP contribution in [0.1, 0.15) is 10.4 Å². The van der Waals surface area contributed by atoms with Gasteiger partial charge in [0.1, 0.15) is 12.2 Å². The van der Waals surface area contributed by atoms with Gasteiger partial charge in [-0.2, -0.15) is 0 Å². The minimum atomic E-state index is -0.899. The first-order valence-corrected chi connectivity index (χ1v) is 8.93. The van der Waals surface area contributed by atoms with Crippen LogP contribution in [0.25, 0.3) is 0 Å². The first-order valence-electron chi connectivity index (χ1n) is 7.80. The fourth-order valence-electron chi connectivity index (χ4n) is 2.07. The highest BCUT2D eigenvalue weighted by Gasteiger charge is 2.18. The molecule has 152 valence electrons. The van der Waals surface area contributed by atoms with Crippen LogP contribution >= 0.6 is 34.8 Å². The first kappa shape index (κ1) is 22.4. The Morgan fingerprint density at radius 1 is 1.03 bits per heavy atom. The minimum absolute atomic E-state index is 0.104. The predicted molar refractivity (Wildman–Crippen MR) is 106 cm³/mol. The zero-order chi connectivity index (χ0) is 21.6. The molecule has 0 spiro atoms. The van der Waals surface area contributed by atoms with E-state index in [0.29, 0.717) is 5.02 Å². The Morgan fingerprint density at radius 3 is 2.34 bits per heavy atom. The number of nitro groups is 1. The third-order valence-corrected chi connectivity index (χ3v) is 4.15. The lowest BCUT2D eigenvalue weighted by atomic mass is 10.2. The van der Waals surface area contributed by atoms with Crippen molar-refractivity contribution in [1.29, 1.82) is 0 Å². The fourth-order valence-corrected chi connectivity index (χ4v) is 2.73. The smallest absolute Gasteiger partial charge is 0.325 e. The SMILES string of the molecule is O=C(COC(=O)CNC(=O)c1ccc(Cl)cc1Cl)Nc1ccc(Cl)cc1[N+](=O)[O-]. The number of nitro benzene ring substituents is 1. The lowest BCUT2D eigenvalue weighted by Gasteiger charge is -2.09. The number of halogens is 3. The van der Waals surface area contributed by atoms with Gasteiger partial charge in [0.15, 0.2) is 6.61 Å². The summed E-state index contributed by atoms with van der Waals surface area (Å²) in [6.07, 6.45) is 0. The summed E-state index contributed by atoms with van der Waals surface area (Å²) in [6, 6.07) is 7.89. The molecule has 0 heterocycles.